The van der Waals surface area contributed by atoms with Crippen molar-refractivity contribution in [3.05, 3.63) is 42.0 Å². The van der Waals surface area contributed by atoms with Gasteiger partial charge in [0.25, 0.3) is 0 Å². The van der Waals surface area contributed by atoms with E-state index in [1.165, 1.54) is 6.33 Å². The lowest BCUT2D eigenvalue weighted by molar-refractivity contribution is 0.324. The van der Waals surface area contributed by atoms with Crippen LogP contribution < -0.4 is 14.2 Å². The zero-order valence-electron chi connectivity index (χ0n) is 11.5. The number of methoxy groups -OCH3 is 3. The Labute approximate surface area is 117 Å². The highest BCUT2D eigenvalue weighted by atomic mass is 16.5. The normalized spacial score (nSPS) is 9.35. The lowest BCUT2D eigenvalue weighted by atomic mass is 10.1. The van der Waals surface area contributed by atoms with Gasteiger partial charge in [-0.1, -0.05) is 11.8 Å². The summed E-state index contributed by atoms with van der Waals surface area (Å²) in [5.74, 6) is 7.67. The molecule has 102 valence electrons. The van der Waals surface area contributed by atoms with Crippen molar-refractivity contribution in [3.8, 4) is 29.1 Å². The van der Waals surface area contributed by atoms with Crippen molar-refractivity contribution in [3.63, 3.8) is 0 Å². The van der Waals surface area contributed by atoms with Gasteiger partial charge in [-0.05, 0) is 12.1 Å². The summed E-state index contributed by atoms with van der Waals surface area (Å²) in [5.41, 5.74) is 1.49. The van der Waals surface area contributed by atoms with Crippen molar-refractivity contribution in [1.82, 2.24) is 9.97 Å². The van der Waals surface area contributed by atoms with Crippen LogP contribution in [0.3, 0.4) is 0 Å². The lowest BCUT2D eigenvalue weighted by Gasteiger charge is -2.12. The van der Waals surface area contributed by atoms with Crippen LogP contribution in [0.1, 0.15) is 11.1 Å². The minimum absolute atomic E-state index is 0.545. The Bertz CT molecular complexity index is 620. The summed E-state index contributed by atoms with van der Waals surface area (Å²) in [4.78, 5) is 7.82. The third kappa shape index (κ3) is 2.98. The first-order chi connectivity index (χ1) is 9.78. The summed E-state index contributed by atoms with van der Waals surface area (Å²) >= 11 is 0. The number of hydrogen-bond acceptors (Lipinski definition) is 5. The molecule has 2 aromatic rings. The molecule has 0 saturated heterocycles. The van der Waals surface area contributed by atoms with E-state index in [1.54, 1.807) is 45.9 Å². The molecule has 5 nitrogen and oxygen atoms in total. The van der Waals surface area contributed by atoms with E-state index in [0.717, 1.165) is 11.1 Å². The molecule has 1 aromatic carbocycles. The maximum Gasteiger partial charge on any atom is 0.203 e. The molecule has 0 atom stereocenters. The summed E-state index contributed by atoms with van der Waals surface area (Å²) in [6.07, 6.45) is 4.76. The van der Waals surface area contributed by atoms with E-state index in [1.807, 2.05) is 0 Å². The maximum atomic E-state index is 5.27. The van der Waals surface area contributed by atoms with Crippen LogP contribution >= 0.6 is 0 Å². The van der Waals surface area contributed by atoms with Gasteiger partial charge in [0.15, 0.2) is 11.5 Å². The molecular weight excluding hydrogens is 256 g/mol. The van der Waals surface area contributed by atoms with Gasteiger partial charge in [0.05, 0.1) is 26.9 Å². The van der Waals surface area contributed by atoms with E-state index in [9.17, 15) is 0 Å². The maximum absolute atomic E-state index is 5.27. The predicted molar refractivity (Wildman–Crippen MR) is 74.1 cm³/mol. The van der Waals surface area contributed by atoms with E-state index in [4.69, 9.17) is 14.2 Å². The Morgan fingerprint density at radius 3 is 1.85 bits per heavy atom. The van der Waals surface area contributed by atoms with Gasteiger partial charge >= 0.3 is 0 Å². The molecule has 0 aliphatic rings. The topological polar surface area (TPSA) is 53.5 Å². The molecule has 0 bridgehead atoms. The van der Waals surface area contributed by atoms with Crippen molar-refractivity contribution in [2.75, 3.05) is 21.3 Å². The highest BCUT2D eigenvalue weighted by Crippen LogP contribution is 2.37. The van der Waals surface area contributed by atoms with Gasteiger partial charge in [-0.25, -0.2) is 9.97 Å². The SMILES string of the molecule is COc1cc(C#Cc2cncnc2)cc(OC)c1OC. The second-order valence-electron chi connectivity index (χ2n) is 3.79. The van der Waals surface area contributed by atoms with Crippen LogP contribution in [-0.2, 0) is 0 Å². The molecule has 0 amide bonds. The van der Waals surface area contributed by atoms with Crippen LogP contribution in [0.2, 0.25) is 0 Å². The minimum Gasteiger partial charge on any atom is -0.493 e. The van der Waals surface area contributed by atoms with Gasteiger partial charge in [-0.3, -0.25) is 0 Å². The Hall–Kier alpha value is -2.74. The van der Waals surface area contributed by atoms with Crippen molar-refractivity contribution < 1.29 is 14.2 Å². The molecule has 0 aliphatic carbocycles. The fourth-order valence-corrected chi connectivity index (χ4v) is 1.66. The molecule has 0 N–H and O–H groups in total. The van der Waals surface area contributed by atoms with Crippen molar-refractivity contribution in [2.24, 2.45) is 0 Å². The van der Waals surface area contributed by atoms with E-state index in [0.29, 0.717) is 17.2 Å². The van der Waals surface area contributed by atoms with Crippen LogP contribution in [0.15, 0.2) is 30.9 Å². The summed E-state index contributed by atoms with van der Waals surface area (Å²) in [6, 6.07) is 3.58. The van der Waals surface area contributed by atoms with Crippen LogP contribution in [0.5, 0.6) is 17.2 Å². The average Bonchev–Trinajstić information content (AvgIpc) is 2.52. The van der Waals surface area contributed by atoms with Gasteiger partial charge in [0, 0.05) is 18.0 Å². The number of ether oxygens (including phenoxy) is 3. The zero-order valence-corrected chi connectivity index (χ0v) is 11.5. The minimum atomic E-state index is 0.545. The van der Waals surface area contributed by atoms with E-state index in [-0.39, 0.29) is 0 Å². The second-order valence-corrected chi connectivity index (χ2v) is 3.79. The summed E-state index contributed by atoms with van der Waals surface area (Å²) in [5, 5.41) is 0. The molecule has 1 heterocycles. The van der Waals surface area contributed by atoms with Gasteiger partial charge in [0.1, 0.15) is 6.33 Å². The number of benzene rings is 1. The monoisotopic (exact) mass is 270 g/mol. The van der Waals surface area contributed by atoms with Gasteiger partial charge in [-0.15, -0.1) is 0 Å². The summed E-state index contributed by atoms with van der Waals surface area (Å²) < 4.78 is 15.8. The predicted octanol–water partition coefficient (Wildman–Crippen LogP) is 1.90. The Balaban J connectivity index is 2.41. The molecule has 2 rings (SSSR count). The van der Waals surface area contributed by atoms with Crippen LogP contribution in [-0.4, -0.2) is 31.3 Å². The molecule has 0 saturated carbocycles. The quantitative estimate of drug-likeness (QED) is 0.797. The first-order valence-corrected chi connectivity index (χ1v) is 5.85. The first kappa shape index (κ1) is 13.7. The highest BCUT2D eigenvalue weighted by molar-refractivity contribution is 5.58. The third-order valence-electron chi connectivity index (χ3n) is 2.58. The summed E-state index contributed by atoms with van der Waals surface area (Å²) in [7, 11) is 4.70. The molecule has 20 heavy (non-hydrogen) atoms. The van der Waals surface area contributed by atoms with Gasteiger partial charge in [-0.2, -0.15) is 0 Å². The lowest BCUT2D eigenvalue weighted by Crippen LogP contribution is -1.95. The molecule has 1 aromatic heterocycles. The number of nitrogens with zero attached hydrogens (tertiary/aromatic N) is 2. The fraction of sp³-hybridized carbons (Fsp3) is 0.200. The number of hydrogen-bond donors (Lipinski definition) is 0. The molecular formula is C15H14N2O3. The average molecular weight is 270 g/mol. The zero-order chi connectivity index (χ0) is 14.4. The van der Waals surface area contributed by atoms with Crippen LogP contribution in [0.4, 0.5) is 0 Å². The highest BCUT2D eigenvalue weighted by Gasteiger charge is 2.12. The summed E-state index contributed by atoms with van der Waals surface area (Å²) in [6.45, 7) is 0. The van der Waals surface area contributed by atoms with E-state index >= 15 is 0 Å². The van der Waals surface area contributed by atoms with Gasteiger partial charge < -0.3 is 14.2 Å². The Kier molecular flexibility index (Phi) is 4.40. The number of aromatic nitrogens is 2. The Morgan fingerprint density at radius 1 is 0.800 bits per heavy atom. The molecule has 0 unspecified atom stereocenters. The third-order valence-corrected chi connectivity index (χ3v) is 2.58. The van der Waals surface area contributed by atoms with Crippen molar-refractivity contribution >= 4 is 0 Å². The Morgan fingerprint density at radius 2 is 1.35 bits per heavy atom. The fourth-order valence-electron chi connectivity index (χ4n) is 1.66. The van der Waals surface area contributed by atoms with Crippen molar-refractivity contribution in [2.45, 2.75) is 0 Å². The van der Waals surface area contributed by atoms with Gasteiger partial charge in [0.2, 0.25) is 5.75 Å². The van der Waals surface area contributed by atoms with E-state index < -0.39 is 0 Å². The van der Waals surface area contributed by atoms with Crippen LogP contribution in [0, 0.1) is 11.8 Å². The van der Waals surface area contributed by atoms with E-state index in [2.05, 4.69) is 21.8 Å². The van der Waals surface area contributed by atoms with Crippen molar-refractivity contribution in [1.29, 1.82) is 0 Å². The molecule has 0 radical (unpaired) electrons. The smallest absolute Gasteiger partial charge is 0.203 e. The molecule has 0 aliphatic heterocycles. The number of rotatable bonds is 3. The van der Waals surface area contributed by atoms with Crippen LogP contribution in [0.25, 0.3) is 0 Å². The molecule has 0 fully saturated rings. The second kappa shape index (κ2) is 6.43. The largest absolute Gasteiger partial charge is 0.493 e. The first-order valence-electron chi connectivity index (χ1n) is 5.85. The molecule has 5 heteroatoms. The standard InChI is InChI=1S/C15H14N2O3/c1-18-13-6-11(7-14(19-2)15(13)20-3)4-5-12-8-16-10-17-9-12/h6-10H,1-3H3. The molecule has 0 spiro atoms.